The molecule has 3 heteroatoms. The Morgan fingerprint density at radius 3 is 2.65 bits per heavy atom. The van der Waals surface area contributed by atoms with Crippen LogP contribution in [0.5, 0.6) is 0 Å². The van der Waals surface area contributed by atoms with E-state index in [0.29, 0.717) is 0 Å². The molecule has 0 aliphatic heterocycles. The number of aliphatic hydroxyl groups excluding tert-OH is 1. The lowest BCUT2D eigenvalue weighted by molar-refractivity contribution is 0.00762. The summed E-state index contributed by atoms with van der Waals surface area (Å²) in [6, 6.07) is 6.62. The van der Waals surface area contributed by atoms with Gasteiger partial charge in [0.2, 0.25) is 0 Å². The number of hydrogen-bond acceptors (Lipinski definition) is 2. The lowest BCUT2D eigenvalue weighted by Gasteiger charge is -2.47. The minimum absolute atomic E-state index is 0.0420. The molecule has 1 aromatic rings. The zero-order valence-corrected chi connectivity index (χ0v) is 12.0. The summed E-state index contributed by atoms with van der Waals surface area (Å²) in [5.74, 6) is 0. The third-order valence-corrected chi connectivity index (χ3v) is 4.61. The molecule has 0 heterocycles. The number of nitrogens with one attached hydrogen (secondary N) is 1. The highest BCUT2D eigenvalue weighted by Crippen LogP contribution is 2.50. The van der Waals surface area contributed by atoms with E-state index in [1.54, 1.807) is 0 Å². The Kier molecular flexibility index (Phi) is 3.91. The van der Waals surface area contributed by atoms with Gasteiger partial charge in [0, 0.05) is 15.9 Å². The van der Waals surface area contributed by atoms with Gasteiger partial charge in [-0.05, 0) is 50.1 Å². The van der Waals surface area contributed by atoms with Crippen molar-refractivity contribution in [3.05, 3.63) is 33.8 Å². The van der Waals surface area contributed by atoms with E-state index in [-0.39, 0.29) is 18.1 Å². The first-order chi connectivity index (χ1) is 8.13. The van der Waals surface area contributed by atoms with Gasteiger partial charge in [0.1, 0.15) is 0 Å². The number of aryl methyl sites for hydroxylation is 1. The van der Waals surface area contributed by atoms with Gasteiger partial charge >= 0.3 is 0 Å². The fourth-order valence-electron chi connectivity index (χ4n) is 2.88. The Balaban J connectivity index is 2.37. The molecule has 17 heavy (non-hydrogen) atoms. The Bertz CT molecular complexity index is 396. The van der Waals surface area contributed by atoms with Crippen molar-refractivity contribution in [2.24, 2.45) is 5.41 Å². The number of benzene rings is 1. The van der Waals surface area contributed by atoms with E-state index in [0.717, 1.165) is 17.3 Å². The maximum Gasteiger partial charge on any atom is 0.0505 e. The molecule has 0 bridgehead atoms. The highest BCUT2D eigenvalue weighted by atomic mass is 79.9. The fraction of sp³-hybridized carbons (Fsp3) is 0.571. The largest absolute Gasteiger partial charge is 0.396 e. The molecule has 0 radical (unpaired) electrons. The van der Waals surface area contributed by atoms with E-state index in [4.69, 9.17) is 0 Å². The molecule has 1 atom stereocenters. The van der Waals surface area contributed by atoms with Crippen molar-refractivity contribution < 1.29 is 5.11 Å². The number of rotatable bonds is 4. The zero-order chi connectivity index (χ0) is 12.5. The molecular weight excluding hydrogens is 278 g/mol. The van der Waals surface area contributed by atoms with Gasteiger partial charge in [-0.2, -0.15) is 0 Å². The van der Waals surface area contributed by atoms with E-state index in [2.05, 4.69) is 46.4 Å². The minimum atomic E-state index is 0.0420. The van der Waals surface area contributed by atoms with Crippen LogP contribution in [0.4, 0.5) is 0 Å². The topological polar surface area (TPSA) is 32.3 Å². The Morgan fingerprint density at radius 1 is 1.47 bits per heavy atom. The minimum Gasteiger partial charge on any atom is -0.396 e. The third kappa shape index (κ3) is 2.28. The first-order valence-corrected chi connectivity index (χ1v) is 6.96. The fourth-order valence-corrected chi connectivity index (χ4v) is 3.26. The highest BCUT2D eigenvalue weighted by Gasteiger charge is 2.44. The smallest absolute Gasteiger partial charge is 0.0505 e. The van der Waals surface area contributed by atoms with Crippen molar-refractivity contribution in [3.63, 3.8) is 0 Å². The standard InChI is InChI=1S/C14H20BrNO/c1-10-4-5-11(15)8-12(10)13(16-2)14(9-17)6-3-7-14/h4-5,8,13,16-17H,3,6-7,9H2,1-2H3. The van der Waals surface area contributed by atoms with Crippen LogP contribution in [0.3, 0.4) is 0 Å². The van der Waals surface area contributed by atoms with Crippen molar-refractivity contribution in [1.82, 2.24) is 5.32 Å². The molecular formula is C14H20BrNO. The van der Waals surface area contributed by atoms with E-state index >= 15 is 0 Å². The van der Waals surface area contributed by atoms with Crippen LogP contribution in [0, 0.1) is 12.3 Å². The van der Waals surface area contributed by atoms with Crippen LogP contribution >= 0.6 is 15.9 Å². The Morgan fingerprint density at radius 2 is 2.18 bits per heavy atom. The molecule has 1 aromatic carbocycles. The average molecular weight is 298 g/mol. The maximum absolute atomic E-state index is 9.71. The molecule has 94 valence electrons. The number of aliphatic hydroxyl groups is 1. The molecule has 2 rings (SSSR count). The molecule has 0 aromatic heterocycles. The molecule has 1 aliphatic rings. The van der Waals surface area contributed by atoms with Crippen LogP contribution in [-0.2, 0) is 0 Å². The van der Waals surface area contributed by atoms with Crippen molar-refractivity contribution in [1.29, 1.82) is 0 Å². The van der Waals surface area contributed by atoms with Crippen molar-refractivity contribution in [2.75, 3.05) is 13.7 Å². The van der Waals surface area contributed by atoms with Gasteiger partial charge in [0.25, 0.3) is 0 Å². The summed E-state index contributed by atoms with van der Waals surface area (Å²) in [6.45, 7) is 2.40. The van der Waals surface area contributed by atoms with Gasteiger partial charge in [0.15, 0.2) is 0 Å². The van der Waals surface area contributed by atoms with Gasteiger partial charge in [-0.25, -0.2) is 0 Å². The predicted octanol–water partition coefficient (Wildman–Crippen LogP) is 3.18. The van der Waals surface area contributed by atoms with E-state index in [9.17, 15) is 5.11 Å². The lowest BCUT2D eigenvalue weighted by Crippen LogP contribution is -2.45. The van der Waals surface area contributed by atoms with Gasteiger partial charge in [0.05, 0.1) is 6.61 Å². The number of hydrogen-bond donors (Lipinski definition) is 2. The summed E-state index contributed by atoms with van der Waals surface area (Å²) in [4.78, 5) is 0. The quantitative estimate of drug-likeness (QED) is 0.895. The summed E-state index contributed by atoms with van der Waals surface area (Å²) in [7, 11) is 1.99. The first-order valence-electron chi connectivity index (χ1n) is 6.17. The predicted molar refractivity (Wildman–Crippen MR) is 74.0 cm³/mol. The van der Waals surface area contributed by atoms with Crippen LogP contribution in [0.25, 0.3) is 0 Å². The normalized spacial score (nSPS) is 19.8. The van der Waals surface area contributed by atoms with Crippen LogP contribution < -0.4 is 5.32 Å². The second-order valence-corrected chi connectivity index (χ2v) is 6.01. The number of halogens is 1. The second-order valence-electron chi connectivity index (χ2n) is 5.10. The Hall–Kier alpha value is -0.380. The molecule has 0 amide bonds. The second kappa shape index (κ2) is 5.09. The van der Waals surface area contributed by atoms with Gasteiger partial charge in [-0.3, -0.25) is 0 Å². The monoisotopic (exact) mass is 297 g/mol. The van der Waals surface area contributed by atoms with E-state index < -0.39 is 0 Å². The van der Waals surface area contributed by atoms with Crippen LogP contribution in [0.2, 0.25) is 0 Å². The lowest BCUT2D eigenvalue weighted by atomic mass is 9.62. The highest BCUT2D eigenvalue weighted by molar-refractivity contribution is 9.10. The maximum atomic E-state index is 9.71. The Labute approximate surface area is 112 Å². The van der Waals surface area contributed by atoms with Gasteiger partial charge < -0.3 is 10.4 Å². The molecule has 2 nitrogen and oxygen atoms in total. The van der Waals surface area contributed by atoms with Crippen LogP contribution in [0.15, 0.2) is 22.7 Å². The summed E-state index contributed by atoms with van der Waals surface area (Å²) in [5.41, 5.74) is 2.63. The van der Waals surface area contributed by atoms with Crippen LogP contribution in [0.1, 0.15) is 36.4 Å². The third-order valence-electron chi connectivity index (χ3n) is 4.12. The SMILES string of the molecule is CNC(c1cc(Br)ccc1C)C1(CO)CCC1. The summed E-state index contributed by atoms with van der Waals surface area (Å²) in [5, 5.41) is 13.1. The van der Waals surface area contributed by atoms with Gasteiger partial charge in [-0.1, -0.05) is 28.4 Å². The molecule has 1 unspecified atom stereocenters. The first kappa shape index (κ1) is 13.1. The van der Waals surface area contributed by atoms with E-state index in [1.807, 2.05) is 7.05 Å². The summed E-state index contributed by atoms with van der Waals surface area (Å²) in [6.07, 6.45) is 3.45. The molecule has 1 saturated carbocycles. The van der Waals surface area contributed by atoms with Crippen molar-refractivity contribution >= 4 is 15.9 Å². The summed E-state index contributed by atoms with van der Waals surface area (Å²) < 4.78 is 1.10. The van der Waals surface area contributed by atoms with Crippen molar-refractivity contribution in [3.8, 4) is 0 Å². The average Bonchev–Trinajstić information content (AvgIpc) is 2.27. The molecule has 0 spiro atoms. The molecule has 2 N–H and O–H groups in total. The van der Waals surface area contributed by atoms with E-state index in [1.165, 1.54) is 17.5 Å². The zero-order valence-electron chi connectivity index (χ0n) is 10.5. The molecule has 0 saturated heterocycles. The molecule has 1 aliphatic carbocycles. The van der Waals surface area contributed by atoms with Crippen molar-refractivity contribution in [2.45, 2.75) is 32.2 Å². The van der Waals surface area contributed by atoms with Crippen LogP contribution in [-0.4, -0.2) is 18.8 Å². The summed E-state index contributed by atoms with van der Waals surface area (Å²) >= 11 is 3.53. The van der Waals surface area contributed by atoms with Gasteiger partial charge in [-0.15, -0.1) is 0 Å². The molecule has 1 fully saturated rings.